The SMILES string of the molecule is C1CCOC1.CC(C)c1cccc([C@@H](C)N(C)C)n1. The molecule has 3 heteroatoms. The van der Waals surface area contributed by atoms with Gasteiger partial charge in [-0.25, -0.2) is 0 Å². The first kappa shape index (κ1) is 16.1. The first-order valence-electron chi connectivity index (χ1n) is 7.23. The molecule has 1 aromatic heterocycles. The van der Waals surface area contributed by atoms with Gasteiger partial charge in [-0.2, -0.15) is 0 Å². The molecule has 3 nitrogen and oxygen atoms in total. The fourth-order valence-electron chi connectivity index (χ4n) is 1.80. The van der Waals surface area contributed by atoms with Gasteiger partial charge in [0.05, 0.1) is 5.69 Å². The fourth-order valence-corrected chi connectivity index (χ4v) is 1.80. The third kappa shape index (κ3) is 5.70. The van der Waals surface area contributed by atoms with Crippen molar-refractivity contribution in [3.05, 3.63) is 29.6 Å². The summed E-state index contributed by atoms with van der Waals surface area (Å²) >= 11 is 0. The quantitative estimate of drug-likeness (QED) is 0.833. The van der Waals surface area contributed by atoms with Gasteiger partial charge in [-0.1, -0.05) is 19.9 Å². The van der Waals surface area contributed by atoms with E-state index >= 15 is 0 Å². The molecule has 1 fully saturated rings. The summed E-state index contributed by atoms with van der Waals surface area (Å²) in [7, 11) is 4.16. The zero-order chi connectivity index (χ0) is 14.3. The van der Waals surface area contributed by atoms with E-state index in [9.17, 15) is 0 Å². The van der Waals surface area contributed by atoms with E-state index in [1.54, 1.807) is 0 Å². The minimum atomic E-state index is 0.383. The topological polar surface area (TPSA) is 25.4 Å². The molecule has 0 saturated carbocycles. The lowest BCUT2D eigenvalue weighted by molar-refractivity contribution is 0.198. The van der Waals surface area contributed by atoms with Gasteiger partial charge >= 0.3 is 0 Å². The molecule has 0 bridgehead atoms. The van der Waals surface area contributed by atoms with Crippen LogP contribution in [0.15, 0.2) is 18.2 Å². The molecule has 0 aromatic carbocycles. The second kappa shape index (κ2) is 8.28. The van der Waals surface area contributed by atoms with E-state index < -0.39 is 0 Å². The lowest BCUT2D eigenvalue weighted by Crippen LogP contribution is -2.18. The Morgan fingerprint density at radius 1 is 1.05 bits per heavy atom. The summed E-state index contributed by atoms with van der Waals surface area (Å²) in [6, 6.07) is 6.67. The van der Waals surface area contributed by atoms with E-state index in [4.69, 9.17) is 4.74 Å². The number of pyridine rings is 1. The van der Waals surface area contributed by atoms with Gasteiger partial charge in [-0.15, -0.1) is 0 Å². The van der Waals surface area contributed by atoms with Gasteiger partial charge in [0.15, 0.2) is 0 Å². The van der Waals surface area contributed by atoms with Crippen LogP contribution in [0, 0.1) is 0 Å². The van der Waals surface area contributed by atoms with Crippen molar-refractivity contribution in [1.82, 2.24) is 9.88 Å². The Morgan fingerprint density at radius 2 is 1.63 bits per heavy atom. The van der Waals surface area contributed by atoms with E-state index in [0.29, 0.717) is 12.0 Å². The van der Waals surface area contributed by atoms with Crippen LogP contribution < -0.4 is 0 Å². The van der Waals surface area contributed by atoms with Crippen molar-refractivity contribution in [3.8, 4) is 0 Å². The highest BCUT2D eigenvalue weighted by Gasteiger charge is 2.10. The molecular weight excluding hydrogens is 236 g/mol. The summed E-state index contributed by atoms with van der Waals surface area (Å²) in [4.78, 5) is 6.82. The minimum Gasteiger partial charge on any atom is -0.381 e. The van der Waals surface area contributed by atoms with Crippen molar-refractivity contribution in [2.24, 2.45) is 0 Å². The highest BCUT2D eigenvalue weighted by Crippen LogP contribution is 2.18. The second-order valence-electron chi connectivity index (χ2n) is 5.60. The zero-order valence-electron chi connectivity index (χ0n) is 13.0. The van der Waals surface area contributed by atoms with Gasteiger partial charge in [0, 0.05) is 24.9 Å². The molecule has 0 N–H and O–H groups in total. The Labute approximate surface area is 118 Å². The molecule has 0 amide bonds. The normalized spacial score (nSPS) is 16.4. The third-order valence-corrected chi connectivity index (χ3v) is 3.41. The molecule has 0 aliphatic carbocycles. The monoisotopic (exact) mass is 264 g/mol. The number of rotatable bonds is 3. The predicted octanol–water partition coefficient (Wildman–Crippen LogP) is 3.62. The first-order chi connectivity index (χ1) is 9.02. The van der Waals surface area contributed by atoms with Crippen LogP contribution in [-0.2, 0) is 4.74 Å². The van der Waals surface area contributed by atoms with Gasteiger partial charge in [-0.3, -0.25) is 4.98 Å². The van der Waals surface area contributed by atoms with Crippen molar-refractivity contribution in [3.63, 3.8) is 0 Å². The molecule has 1 atom stereocenters. The highest BCUT2D eigenvalue weighted by atomic mass is 16.5. The summed E-state index contributed by atoms with van der Waals surface area (Å²) in [6.07, 6.45) is 2.56. The van der Waals surface area contributed by atoms with Crippen molar-refractivity contribution < 1.29 is 4.74 Å². The molecule has 1 aromatic rings. The molecule has 1 aliphatic rings. The standard InChI is InChI=1S/C12H20N2.C4H8O/c1-9(2)11-7-6-8-12(13-11)10(3)14(4)5;1-2-4-5-3-1/h6-10H,1-5H3;1-4H2/t10-;/m1./s1. The van der Waals surface area contributed by atoms with E-state index in [1.807, 2.05) is 0 Å². The van der Waals surface area contributed by atoms with E-state index in [-0.39, 0.29) is 0 Å². The summed E-state index contributed by atoms with van der Waals surface area (Å²) in [5, 5.41) is 0. The maximum absolute atomic E-state index is 4.94. The van der Waals surface area contributed by atoms with E-state index in [1.165, 1.54) is 18.5 Å². The summed E-state index contributed by atoms with van der Waals surface area (Å²) < 4.78 is 4.94. The molecule has 108 valence electrons. The lowest BCUT2D eigenvalue weighted by atomic mass is 10.1. The Hall–Kier alpha value is -0.930. The number of aromatic nitrogens is 1. The maximum atomic E-state index is 4.94. The number of hydrogen-bond donors (Lipinski definition) is 0. The highest BCUT2D eigenvalue weighted by molar-refractivity contribution is 5.16. The molecule has 1 aliphatic heterocycles. The van der Waals surface area contributed by atoms with Crippen molar-refractivity contribution in [2.75, 3.05) is 27.3 Å². The molecular formula is C16H28N2O. The minimum absolute atomic E-state index is 0.383. The molecule has 2 heterocycles. The Kier molecular flexibility index (Phi) is 7.03. The van der Waals surface area contributed by atoms with Gasteiger partial charge in [0.1, 0.15) is 0 Å². The van der Waals surface area contributed by atoms with Crippen LogP contribution in [0.4, 0.5) is 0 Å². The van der Waals surface area contributed by atoms with Crippen LogP contribution in [0.1, 0.15) is 57.0 Å². The van der Waals surface area contributed by atoms with Crippen LogP contribution in [0.2, 0.25) is 0 Å². The number of hydrogen-bond acceptors (Lipinski definition) is 3. The predicted molar refractivity (Wildman–Crippen MR) is 80.5 cm³/mol. The summed E-state index contributed by atoms with van der Waals surface area (Å²) in [5.41, 5.74) is 2.33. The largest absolute Gasteiger partial charge is 0.381 e. The van der Waals surface area contributed by atoms with Crippen LogP contribution in [0.25, 0.3) is 0 Å². The Balaban J connectivity index is 0.000000300. The van der Waals surface area contributed by atoms with Crippen molar-refractivity contribution in [1.29, 1.82) is 0 Å². The third-order valence-electron chi connectivity index (χ3n) is 3.41. The zero-order valence-corrected chi connectivity index (χ0v) is 13.0. The van der Waals surface area contributed by atoms with E-state index in [0.717, 1.165) is 18.9 Å². The van der Waals surface area contributed by atoms with Crippen molar-refractivity contribution >= 4 is 0 Å². The molecule has 2 rings (SSSR count). The van der Waals surface area contributed by atoms with Gasteiger partial charge in [-0.05, 0) is 51.9 Å². The second-order valence-corrected chi connectivity index (χ2v) is 5.60. The fraction of sp³-hybridized carbons (Fsp3) is 0.688. The molecule has 19 heavy (non-hydrogen) atoms. The van der Waals surface area contributed by atoms with Crippen LogP contribution in [-0.4, -0.2) is 37.2 Å². The smallest absolute Gasteiger partial charge is 0.0575 e. The average molecular weight is 264 g/mol. The van der Waals surface area contributed by atoms with Gasteiger partial charge < -0.3 is 9.64 Å². The molecule has 1 saturated heterocycles. The van der Waals surface area contributed by atoms with E-state index in [2.05, 4.69) is 62.9 Å². The Morgan fingerprint density at radius 3 is 2.05 bits per heavy atom. The first-order valence-corrected chi connectivity index (χ1v) is 7.23. The van der Waals surface area contributed by atoms with Gasteiger partial charge in [0.2, 0.25) is 0 Å². The number of nitrogens with zero attached hydrogens (tertiary/aromatic N) is 2. The lowest BCUT2D eigenvalue weighted by Gasteiger charge is -2.20. The number of ether oxygens (including phenoxy) is 1. The van der Waals surface area contributed by atoms with Gasteiger partial charge in [0.25, 0.3) is 0 Å². The maximum Gasteiger partial charge on any atom is 0.0575 e. The Bertz CT molecular complexity index is 352. The van der Waals surface area contributed by atoms with Crippen LogP contribution in [0.5, 0.6) is 0 Å². The average Bonchev–Trinajstić information content (AvgIpc) is 2.97. The van der Waals surface area contributed by atoms with Crippen LogP contribution >= 0.6 is 0 Å². The molecule has 0 spiro atoms. The summed E-state index contributed by atoms with van der Waals surface area (Å²) in [5.74, 6) is 0.504. The van der Waals surface area contributed by atoms with Crippen LogP contribution in [0.3, 0.4) is 0 Å². The summed E-state index contributed by atoms with van der Waals surface area (Å²) in [6.45, 7) is 8.52. The molecule has 0 radical (unpaired) electrons. The molecule has 0 unspecified atom stereocenters. The van der Waals surface area contributed by atoms with Crippen molar-refractivity contribution in [2.45, 2.75) is 45.6 Å².